The molecule has 1 aliphatic heterocycles. The molecule has 0 aliphatic carbocycles. The third-order valence-corrected chi connectivity index (χ3v) is 3.79. The quantitative estimate of drug-likeness (QED) is 0.839. The molecule has 1 aliphatic rings. The summed E-state index contributed by atoms with van der Waals surface area (Å²) in [6.07, 6.45) is 0.862. The molecule has 0 amide bonds. The van der Waals surface area contributed by atoms with E-state index in [9.17, 15) is 4.79 Å². The summed E-state index contributed by atoms with van der Waals surface area (Å²) in [5, 5.41) is 6.64. The van der Waals surface area contributed by atoms with Crippen molar-refractivity contribution in [2.75, 3.05) is 18.4 Å². The summed E-state index contributed by atoms with van der Waals surface area (Å²) in [6.45, 7) is 5.66. The standard InChI is InChI=1S/C13H17BrN2O/c1-3-11-12(8(2)17)4-9(5-13(11)14)16-10-6-15-7-10/h4-5,10,15-16H,3,6-7H2,1-2H3. The first-order valence-corrected chi connectivity index (χ1v) is 6.71. The maximum Gasteiger partial charge on any atom is 0.160 e. The first kappa shape index (κ1) is 12.6. The molecular formula is C13H17BrN2O. The summed E-state index contributed by atoms with van der Waals surface area (Å²) in [4.78, 5) is 11.6. The molecule has 1 saturated heterocycles. The lowest BCUT2D eigenvalue weighted by atomic mass is 10.0. The molecule has 2 rings (SSSR count). The molecule has 3 nitrogen and oxygen atoms in total. The smallest absolute Gasteiger partial charge is 0.160 e. The fourth-order valence-corrected chi connectivity index (χ4v) is 2.76. The summed E-state index contributed by atoms with van der Waals surface area (Å²) < 4.78 is 1.02. The molecule has 2 N–H and O–H groups in total. The van der Waals surface area contributed by atoms with Gasteiger partial charge in [0, 0.05) is 28.8 Å². The highest BCUT2D eigenvalue weighted by Gasteiger charge is 2.18. The van der Waals surface area contributed by atoms with Gasteiger partial charge in [0.25, 0.3) is 0 Å². The average Bonchev–Trinajstić information content (AvgIpc) is 2.22. The van der Waals surface area contributed by atoms with Crippen molar-refractivity contribution < 1.29 is 4.79 Å². The highest BCUT2D eigenvalue weighted by atomic mass is 79.9. The molecule has 1 heterocycles. The lowest BCUT2D eigenvalue weighted by Gasteiger charge is -2.29. The van der Waals surface area contributed by atoms with Crippen molar-refractivity contribution in [1.29, 1.82) is 0 Å². The molecule has 92 valence electrons. The number of carbonyl (C=O) groups is 1. The van der Waals surface area contributed by atoms with Crippen LogP contribution in [0.4, 0.5) is 5.69 Å². The van der Waals surface area contributed by atoms with Gasteiger partial charge in [0.1, 0.15) is 0 Å². The zero-order chi connectivity index (χ0) is 12.4. The summed E-state index contributed by atoms with van der Waals surface area (Å²) in [6, 6.07) is 4.50. The molecule has 4 heteroatoms. The lowest BCUT2D eigenvalue weighted by molar-refractivity contribution is 0.101. The van der Waals surface area contributed by atoms with E-state index in [1.807, 2.05) is 6.07 Å². The van der Waals surface area contributed by atoms with Crippen LogP contribution in [0.2, 0.25) is 0 Å². The molecule has 0 spiro atoms. The number of carbonyl (C=O) groups excluding carboxylic acids is 1. The Morgan fingerprint density at radius 2 is 2.24 bits per heavy atom. The first-order valence-electron chi connectivity index (χ1n) is 5.92. The van der Waals surface area contributed by atoms with Gasteiger partial charge in [-0.1, -0.05) is 22.9 Å². The number of Topliss-reactive ketones (excluding diaryl/α,β-unsaturated/α-hetero) is 1. The Morgan fingerprint density at radius 1 is 1.53 bits per heavy atom. The molecule has 0 bridgehead atoms. The molecule has 0 saturated carbocycles. The van der Waals surface area contributed by atoms with Crippen LogP contribution in [-0.2, 0) is 6.42 Å². The molecule has 1 fully saturated rings. The number of anilines is 1. The van der Waals surface area contributed by atoms with Crippen molar-refractivity contribution in [3.8, 4) is 0 Å². The summed E-state index contributed by atoms with van der Waals surface area (Å²) >= 11 is 3.55. The topological polar surface area (TPSA) is 41.1 Å². The van der Waals surface area contributed by atoms with Crippen LogP contribution in [0.3, 0.4) is 0 Å². The Balaban J connectivity index is 2.31. The molecule has 0 aromatic heterocycles. The minimum atomic E-state index is 0.123. The van der Waals surface area contributed by atoms with Crippen LogP contribution in [0, 0.1) is 0 Å². The van der Waals surface area contributed by atoms with Crippen LogP contribution < -0.4 is 10.6 Å². The Hall–Kier alpha value is -0.870. The zero-order valence-corrected chi connectivity index (χ0v) is 11.7. The Kier molecular flexibility index (Phi) is 3.84. The molecule has 0 unspecified atom stereocenters. The van der Waals surface area contributed by atoms with E-state index in [1.54, 1.807) is 6.92 Å². The van der Waals surface area contributed by atoms with Gasteiger partial charge in [0.05, 0.1) is 6.04 Å². The SMILES string of the molecule is CCc1c(Br)cc(NC2CNC2)cc1C(C)=O. The van der Waals surface area contributed by atoms with E-state index >= 15 is 0 Å². The predicted octanol–water partition coefficient (Wildman–Crippen LogP) is 2.60. The van der Waals surface area contributed by atoms with Gasteiger partial charge in [-0.05, 0) is 31.0 Å². The third kappa shape index (κ3) is 2.69. The second-order valence-corrected chi connectivity index (χ2v) is 5.25. The normalized spacial score (nSPS) is 15.5. The van der Waals surface area contributed by atoms with E-state index in [0.29, 0.717) is 6.04 Å². The fraction of sp³-hybridized carbons (Fsp3) is 0.462. The van der Waals surface area contributed by atoms with Crippen LogP contribution in [0.25, 0.3) is 0 Å². The number of hydrogen-bond acceptors (Lipinski definition) is 3. The van der Waals surface area contributed by atoms with E-state index < -0.39 is 0 Å². The minimum Gasteiger partial charge on any atom is -0.380 e. The molecule has 1 aromatic rings. The van der Waals surface area contributed by atoms with Gasteiger partial charge < -0.3 is 10.6 Å². The number of hydrogen-bond donors (Lipinski definition) is 2. The van der Waals surface area contributed by atoms with E-state index in [0.717, 1.165) is 40.8 Å². The lowest BCUT2D eigenvalue weighted by Crippen LogP contribution is -2.51. The second kappa shape index (κ2) is 5.19. The Bertz CT molecular complexity index is 441. The largest absolute Gasteiger partial charge is 0.380 e. The summed E-state index contributed by atoms with van der Waals surface area (Å²) in [5.41, 5.74) is 2.93. The molecule has 0 radical (unpaired) electrons. The predicted molar refractivity (Wildman–Crippen MR) is 73.8 cm³/mol. The molecular weight excluding hydrogens is 280 g/mol. The van der Waals surface area contributed by atoms with Gasteiger partial charge >= 0.3 is 0 Å². The number of benzene rings is 1. The summed E-state index contributed by atoms with van der Waals surface area (Å²) in [5.74, 6) is 0.123. The van der Waals surface area contributed by atoms with Gasteiger partial charge in [-0.25, -0.2) is 0 Å². The van der Waals surface area contributed by atoms with Gasteiger partial charge in [0.2, 0.25) is 0 Å². The van der Waals surface area contributed by atoms with Crippen molar-refractivity contribution in [3.63, 3.8) is 0 Å². The Morgan fingerprint density at radius 3 is 2.71 bits per heavy atom. The van der Waals surface area contributed by atoms with E-state index in [2.05, 4.69) is 39.6 Å². The molecule has 0 atom stereocenters. The van der Waals surface area contributed by atoms with Crippen molar-refractivity contribution in [2.24, 2.45) is 0 Å². The van der Waals surface area contributed by atoms with Crippen LogP contribution in [-0.4, -0.2) is 24.9 Å². The van der Waals surface area contributed by atoms with Gasteiger partial charge in [-0.15, -0.1) is 0 Å². The first-order chi connectivity index (χ1) is 8.11. The number of halogens is 1. The average molecular weight is 297 g/mol. The third-order valence-electron chi connectivity index (χ3n) is 3.08. The second-order valence-electron chi connectivity index (χ2n) is 4.39. The maximum absolute atomic E-state index is 11.6. The van der Waals surface area contributed by atoms with E-state index in [-0.39, 0.29) is 5.78 Å². The summed E-state index contributed by atoms with van der Waals surface area (Å²) in [7, 11) is 0. The van der Waals surface area contributed by atoms with E-state index in [4.69, 9.17) is 0 Å². The van der Waals surface area contributed by atoms with Gasteiger partial charge in [0.15, 0.2) is 5.78 Å². The number of rotatable bonds is 4. The van der Waals surface area contributed by atoms with Crippen LogP contribution in [0.1, 0.15) is 29.8 Å². The van der Waals surface area contributed by atoms with Gasteiger partial charge in [-0.2, -0.15) is 0 Å². The fourth-order valence-electron chi connectivity index (χ4n) is 2.02. The number of ketones is 1. The van der Waals surface area contributed by atoms with Crippen LogP contribution in [0.5, 0.6) is 0 Å². The highest BCUT2D eigenvalue weighted by Crippen LogP contribution is 2.27. The maximum atomic E-state index is 11.6. The highest BCUT2D eigenvalue weighted by molar-refractivity contribution is 9.10. The molecule has 17 heavy (non-hydrogen) atoms. The van der Waals surface area contributed by atoms with Crippen molar-refractivity contribution in [1.82, 2.24) is 5.32 Å². The van der Waals surface area contributed by atoms with Crippen LogP contribution in [0.15, 0.2) is 16.6 Å². The molecule has 1 aromatic carbocycles. The van der Waals surface area contributed by atoms with Crippen molar-refractivity contribution in [2.45, 2.75) is 26.3 Å². The van der Waals surface area contributed by atoms with Crippen molar-refractivity contribution in [3.05, 3.63) is 27.7 Å². The van der Waals surface area contributed by atoms with Gasteiger partial charge in [-0.3, -0.25) is 4.79 Å². The Labute approximate surface area is 110 Å². The number of nitrogens with one attached hydrogen (secondary N) is 2. The van der Waals surface area contributed by atoms with Crippen molar-refractivity contribution >= 4 is 27.4 Å². The monoisotopic (exact) mass is 296 g/mol. The van der Waals surface area contributed by atoms with Crippen LogP contribution >= 0.6 is 15.9 Å². The minimum absolute atomic E-state index is 0.123. The van der Waals surface area contributed by atoms with E-state index in [1.165, 1.54) is 0 Å². The zero-order valence-electron chi connectivity index (χ0n) is 10.1.